The van der Waals surface area contributed by atoms with E-state index in [2.05, 4.69) is 44.5 Å². The molecule has 0 amide bonds. The van der Waals surface area contributed by atoms with E-state index in [0.29, 0.717) is 12.1 Å². The molecule has 106 valence electrons. The summed E-state index contributed by atoms with van der Waals surface area (Å²) in [6.45, 7) is 12.1. The lowest BCUT2D eigenvalue weighted by Crippen LogP contribution is -2.45. The molecule has 4 nitrogen and oxygen atoms in total. The van der Waals surface area contributed by atoms with E-state index in [1.807, 2.05) is 0 Å². The average molecular weight is 256 g/mol. The van der Waals surface area contributed by atoms with E-state index in [1.54, 1.807) is 0 Å². The summed E-state index contributed by atoms with van der Waals surface area (Å²) in [6, 6.07) is 0.822. The lowest BCUT2D eigenvalue weighted by molar-refractivity contribution is -0.137. The SMILES string of the molecule is CC(C)N1CC(C)(C)CN(C)CC1CCC(=O)O. The van der Waals surface area contributed by atoms with E-state index in [0.717, 1.165) is 26.1 Å². The third-order valence-corrected chi connectivity index (χ3v) is 3.65. The van der Waals surface area contributed by atoms with Gasteiger partial charge in [-0.25, -0.2) is 0 Å². The van der Waals surface area contributed by atoms with Crippen LogP contribution in [0.15, 0.2) is 0 Å². The van der Waals surface area contributed by atoms with Gasteiger partial charge >= 0.3 is 5.97 Å². The molecule has 4 heteroatoms. The minimum Gasteiger partial charge on any atom is -0.481 e. The largest absolute Gasteiger partial charge is 0.481 e. The number of hydrogen-bond donors (Lipinski definition) is 1. The fraction of sp³-hybridized carbons (Fsp3) is 0.929. The van der Waals surface area contributed by atoms with Crippen molar-refractivity contribution in [1.82, 2.24) is 9.80 Å². The molecule has 0 bridgehead atoms. The number of carbonyl (C=O) groups is 1. The highest BCUT2D eigenvalue weighted by Crippen LogP contribution is 2.26. The van der Waals surface area contributed by atoms with E-state index >= 15 is 0 Å². The quantitative estimate of drug-likeness (QED) is 0.834. The molecule has 0 aromatic heterocycles. The molecule has 0 aromatic rings. The smallest absolute Gasteiger partial charge is 0.303 e. The highest BCUT2D eigenvalue weighted by Gasteiger charge is 2.33. The molecule has 1 atom stereocenters. The first-order valence-corrected chi connectivity index (χ1v) is 6.87. The average Bonchev–Trinajstić information content (AvgIpc) is 2.30. The maximum Gasteiger partial charge on any atom is 0.303 e. The lowest BCUT2D eigenvalue weighted by Gasteiger charge is -2.36. The van der Waals surface area contributed by atoms with Crippen LogP contribution >= 0.6 is 0 Å². The number of carboxylic acids is 1. The van der Waals surface area contributed by atoms with Crippen molar-refractivity contribution in [3.05, 3.63) is 0 Å². The molecule has 1 heterocycles. The molecule has 1 saturated heterocycles. The summed E-state index contributed by atoms with van der Waals surface area (Å²) in [6.07, 6.45) is 1.01. The van der Waals surface area contributed by atoms with Gasteiger partial charge in [0.2, 0.25) is 0 Å². The van der Waals surface area contributed by atoms with Crippen LogP contribution in [0.2, 0.25) is 0 Å². The van der Waals surface area contributed by atoms with Crippen molar-refractivity contribution in [3.63, 3.8) is 0 Å². The molecule has 0 spiro atoms. The van der Waals surface area contributed by atoms with Crippen LogP contribution in [-0.2, 0) is 4.79 Å². The fourth-order valence-corrected chi connectivity index (χ4v) is 3.08. The minimum absolute atomic E-state index is 0.261. The number of rotatable bonds is 4. The highest BCUT2D eigenvalue weighted by molar-refractivity contribution is 5.66. The second-order valence-corrected chi connectivity index (χ2v) is 6.71. The van der Waals surface area contributed by atoms with E-state index in [-0.39, 0.29) is 11.8 Å². The standard InChI is InChI=1S/C14H28N2O2/c1-11(2)16-10-14(3,4)9-15(5)8-12(16)6-7-13(17)18/h11-12H,6-10H2,1-5H3,(H,17,18). The van der Waals surface area contributed by atoms with Gasteiger partial charge in [-0.1, -0.05) is 13.8 Å². The van der Waals surface area contributed by atoms with Gasteiger partial charge in [-0.05, 0) is 32.7 Å². The molecule has 0 aliphatic carbocycles. The monoisotopic (exact) mass is 256 g/mol. The normalized spacial score (nSPS) is 26.2. The van der Waals surface area contributed by atoms with Crippen LogP contribution in [0.1, 0.15) is 40.5 Å². The van der Waals surface area contributed by atoms with Gasteiger partial charge in [0, 0.05) is 38.1 Å². The molecule has 0 radical (unpaired) electrons. The molecule has 1 rings (SSSR count). The van der Waals surface area contributed by atoms with Gasteiger partial charge in [0.25, 0.3) is 0 Å². The Hall–Kier alpha value is -0.610. The first kappa shape index (κ1) is 15.4. The van der Waals surface area contributed by atoms with Gasteiger partial charge in [-0.15, -0.1) is 0 Å². The Morgan fingerprint density at radius 1 is 1.39 bits per heavy atom. The molecule has 1 aliphatic rings. The summed E-state index contributed by atoms with van der Waals surface area (Å²) < 4.78 is 0. The molecule has 1 N–H and O–H groups in total. The summed E-state index contributed by atoms with van der Waals surface area (Å²) in [4.78, 5) is 15.6. The highest BCUT2D eigenvalue weighted by atomic mass is 16.4. The molecule has 18 heavy (non-hydrogen) atoms. The number of hydrogen-bond acceptors (Lipinski definition) is 3. The van der Waals surface area contributed by atoms with Crippen molar-refractivity contribution in [2.45, 2.75) is 52.6 Å². The van der Waals surface area contributed by atoms with Crippen molar-refractivity contribution in [1.29, 1.82) is 0 Å². The number of likely N-dealkylation sites (N-methyl/N-ethyl adjacent to an activating group) is 1. The Bertz CT molecular complexity index is 290. The van der Waals surface area contributed by atoms with Gasteiger partial charge in [-0.3, -0.25) is 9.69 Å². The second-order valence-electron chi connectivity index (χ2n) is 6.71. The van der Waals surface area contributed by atoms with Gasteiger partial charge in [0.05, 0.1) is 0 Å². The zero-order valence-electron chi connectivity index (χ0n) is 12.4. The summed E-state index contributed by atoms with van der Waals surface area (Å²) in [5, 5.41) is 8.88. The Morgan fingerprint density at radius 3 is 2.50 bits per heavy atom. The molecular formula is C14H28N2O2. The first-order valence-electron chi connectivity index (χ1n) is 6.87. The van der Waals surface area contributed by atoms with E-state index in [9.17, 15) is 4.79 Å². The topological polar surface area (TPSA) is 43.8 Å². The number of aliphatic carboxylic acids is 1. The van der Waals surface area contributed by atoms with Crippen LogP contribution < -0.4 is 0 Å². The summed E-state index contributed by atoms with van der Waals surface area (Å²) in [5.74, 6) is -0.690. The predicted octanol–water partition coefficient (Wildman–Crippen LogP) is 1.90. The summed E-state index contributed by atoms with van der Waals surface area (Å²) in [7, 11) is 2.14. The summed E-state index contributed by atoms with van der Waals surface area (Å²) >= 11 is 0. The molecular weight excluding hydrogens is 228 g/mol. The van der Waals surface area contributed by atoms with Crippen molar-refractivity contribution >= 4 is 5.97 Å². The molecule has 0 saturated carbocycles. The lowest BCUT2D eigenvalue weighted by atomic mass is 9.92. The van der Waals surface area contributed by atoms with Gasteiger partial charge < -0.3 is 10.0 Å². The Balaban J connectivity index is 2.79. The Kier molecular flexibility index (Phi) is 5.17. The van der Waals surface area contributed by atoms with E-state index in [1.165, 1.54) is 0 Å². The maximum atomic E-state index is 10.8. The van der Waals surface area contributed by atoms with Crippen molar-refractivity contribution in [3.8, 4) is 0 Å². The van der Waals surface area contributed by atoms with E-state index in [4.69, 9.17) is 5.11 Å². The number of nitrogens with zero attached hydrogens (tertiary/aromatic N) is 2. The van der Waals surface area contributed by atoms with Crippen molar-refractivity contribution in [2.75, 3.05) is 26.7 Å². The molecule has 0 aromatic carbocycles. The van der Waals surface area contributed by atoms with Gasteiger partial charge in [0.15, 0.2) is 0 Å². The number of carboxylic acid groups (broad SMARTS) is 1. The van der Waals surface area contributed by atoms with Crippen LogP contribution in [0.25, 0.3) is 0 Å². The zero-order chi connectivity index (χ0) is 13.9. The fourth-order valence-electron chi connectivity index (χ4n) is 3.08. The zero-order valence-corrected chi connectivity index (χ0v) is 12.4. The van der Waals surface area contributed by atoms with Crippen molar-refractivity contribution in [2.24, 2.45) is 5.41 Å². The van der Waals surface area contributed by atoms with Gasteiger partial charge in [0.1, 0.15) is 0 Å². The summed E-state index contributed by atoms with van der Waals surface area (Å²) in [5.41, 5.74) is 0.261. The Labute approximate surface area is 111 Å². The maximum absolute atomic E-state index is 10.8. The second kappa shape index (κ2) is 6.02. The third-order valence-electron chi connectivity index (χ3n) is 3.65. The molecule has 1 fully saturated rings. The minimum atomic E-state index is -0.690. The van der Waals surface area contributed by atoms with Crippen LogP contribution in [0.5, 0.6) is 0 Å². The predicted molar refractivity (Wildman–Crippen MR) is 73.8 cm³/mol. The van der Waals surface area contributed by atoms with E-state index < -0.39 is 5.97 Å². The molecule has 1 aliphatic heterocycles. The van der Waals surface area contributed by atoms with Gasteiger partial charge in [-0.2, -0.15) is 0 Å². The van der Waals surface area contributed by atoms with Crippen LogP contribution in [0.4, 0.5) is 0 Å². The van der Waals surface area contributed by atoms with Crippen molar-refractivity contribution < 1.29 is 9.90 Å². The van der Waals surface area contributed by atoms with Crippen LogP contribution in [0.3, 0.4) is 0 Å². The third kappa shape index (κ3) is 4.58. The van der Waals surface area contributed by atoms with Crippen LogP contribution in [0, 0.1) is 5.41 Å². The van der Waals surface area contributed by atoms with Crippen LogP contribution in [-0.4, -0.2) is 59.6 Å². The Morgan fingerprint density at radius 2 is 2.00 bits per heavy atom. The first-order chi connectivity index (χ1) is 8.21. The molecule has 1 unspecified atom stereocenters.